The van der Waals surface area contributed by atoms with Gasteiger partial charge in [0.25, 0.3) is 0 Å². The van der Waals surface area contributed by atoms with E-state index in [4.69, 9.17) is 9.47 Å². The van der Waals surface area contributed by atoms with Crippen LogP contribution < -0.4 is 9.47 Å². The molecule has 7 heteroatoms. The first-order valence-corrected chi connectivity index (χ1v) is 13.0. The zero-order valence-corrected chi connectivity index (χ0v) is 21.4. The average Bonchev–Trinajstić information content (AvgIpc) is 3.41. The molecule has 6 nitrogen and oxygen atoms in total. The number of nitrogens with zero attached hydrogens (tertiary/aromatic N) is 2. The topological polar surface area (TPSA) is 71.9 Å². The molecule has 0 radical (unpaired) electrons. The molecular weight excluding hydrogens is 471 g/mol. The third kappa shape index (κ3) is 5.62. The lowest BCUT2D eigenvalue weighted by Crippen LogP contribution is -2.22. The van der Waals surface area contributed by atoms with Gasteiger partial charge in [0.1, 0.15) is 17.7 Å². The Morgan fingerprint density at radius 1 is 1.22 bits per heavy atom. The highest BCUT2D eigenvalue weighted by Gasteiger charge is 2.26. The van der Waals surface area contributed by atoms with Gasteiger partial charge in [0.15, 0.2) is 0 Å². The number of methoxy groups -OCH3 is 1. The first kappa shape index (κ1) is 25.2. The van der Waals surface area contributed by atoms with Crippen molar-refractivity contribution < 1.29 is 23.8 Å². The largest absolute Gasteiger partial charge is 0.485 e. The van der Waals surface area contributed by atoms with Crippen molar-refractivity contribution in [2.75, 3.05) is 20.2 Å². The van der Waals surface area contributed by atoms with E-state index in [1.54, 1.807) is 13.0 Å². The number of rotatable bonds is 8. The van der Waals surface area contributed by atoms with Crippen LogP contribution >= 0.6 is 0 Å². The normalized spacial score (nSPS) is 18.2. The molecule has 1 aromatic heterocycles. The fraction of sp³-hybridized carbons (Fsp3) is 0.400. The molecule has 2 aliphatic heterocycles. The lowest BCUT2D eigenvalue weighted by Gasteiger charge is -2.29. The summed E-state index contributed by atoms with van der Waals surface area (Å²) in [5, 5.41) is 9.30. The number of halogens is 1. The zero-order valence-electron chi connectivity index (χ0n) is 21.4. The standard InChI is InChI=1S/C30H33FN2O4/c1-19(30(34)35)13-20-5-6-21-8-10-27(37-28(21)14-20)24-9-7-22(15-23(24)18-33-11-3-4-12-33)25-16-29(36-2)32-17-26(25)31/h5-7,9,14-17,19,27H,3-4,8,10-13,18H2,1-2H3,(H,34,35). The van der Waals surface area contributed by atoms with E-state index in [1.807, 2.05) is 18.2 Å². The SMILES string of the molecule is COc1cc(-c2ccc(C3CCc4ccc(CC(C)C(=O)O)cc4O3)c(CN3CCCC3)c2)c(F)cn1. The molecule has 194 valence electrons. The molecular formula is C30H33FN2O4. The van der Waals surface area contributed by atoms with E-state index in [9.17, 15) is 14.3 Å². The molecule has 0 aliphatic carbocycles. The minimum atomic E-state index is -0.800. The van der Waals surface area contributed by atoms with E-state index in [-0.39, 0.29) is 11.9 Å². The van der Waals surface area contributed by atoms with Gasteiger partial charge in [-0.15, -0.1) is 0 Å². The van der Waals surface area contributed by atoms with Crippen LogP contribution in [0.15, 0.2) is 48.7 Å². The second-order valence-corrected chi connectivity index (χ2v) is 10.1. The molecule has 0 bridgehead atoms. The van der Waals surface area contributed by atoms with E-state index in [0.717, 1.165) is 66.0 Å². The van der Waals surface area contributed by atoms with E-state index in [1.165, 1.54) is 26.1 Å². The number of benzene rings is 2. The number of carboxylic acid groups (broad SMARTS) is 1. The number of hydrogen-bond donors (Lipinski definition) is 1. The average molecular weight is 505 g/mol. The van der Waals surface area contributed by atoms with Gasteiger partial charge >= 0.3 is 5.97 Å². The predicted octanol–water partition coefficient (Wildman–Crippen LogP) is 5.82. The first-order valence-electron chi connectivity index (χ1n) is 13.0. The Bertz CT molecular complexity index is 1290. The van der Waals surface area contributed by atoms with Crippen LogP contribution in [-0.4, -0.2) is 41.2 Å². The second-order valence-electron chi connectivity index (χ2n) is 10.1. The molecule has 0 spiro atoms. The number of aromatic nitrogens is 1. The van der Waals surface area contributed by atoms with Crippen LogP contribution in [0.4, 0.5) is 4.39 Å². The Kier molecular flexibility index (Phi) is 7.42. The minimum Gasteiger partial charge on any atom is -0.485 e. The summed E-state index contributed by atoms with van der Waals surface area (Å²) in [6.07, 6.45) is 5.66. The molecule has 2 aromatic carbocycles. The lowest BCUT2D eigenvalue weighted by molar-refractivity contribution is -0.141. The fourth-order valence-corrected chi connectivity index (χ4v) is 5.36. The Morgan fingerprint density at radius 2 is 2.03 bits per heavy atom. The molecule has 1 fully saturated rings. The van der Waals surface area contributed by atoms with Crippen LogP contribution in [-0.2, 0) is 24.2 Å². The van der Waals surface area contributed by atoms with Gasteiger partial charge in [-0.1, -0.05) is 31.2 Å². The van der Waals surface area contributed by atoms with Gasteiger partial charge in [0.2, 0.25) is 5.88 Å². The summed E-state index contributed by atoms with van der Waals surface area (Å²) in [6.45, 7) is 4.62. The lowest BCUT2D eigenvalue weighted by atomic mass is 9.90. The number of hydrogen-bond acceptors (Lipinski definition) is 5. The Labute approximate surface area is 217 Å². The maximum atomic E-state index is 14.7. The maximum absolute atomic E-state index is 14.7. The number of ether oxygens (including phenoxy) is 2. The van der Waals surface area contributed by atoms with Crippen molar-refractivity contribution in [2.24, 2.45) is 5.92 Å². The summed E-state index contributed by atoms with van der Waals surface area (Å²) in [7, 11) is 1.53. The van der Waals surface area contributed by atoms with Gasteiger partial charge in [0.05, 0.1) is 19.2 Å². The molecule has 1 saturated heterocycles. The van der Waals surface area contributed by atoms with Crippen molar-refractivity contribution in [3.63, 3.8) is 0 Å². The molecule has 2 aliphatic rings. The molecule has 0 amide bonds. The number of carbonyl (C=O) groups is 1. The summed E-state index contributed by atoms with van der Waals surface area (Å²) >= 11 is 0. The van der Waals surface area contributed by atoms with E-state index >= 15 is 0 Å². The van der Waals surface area contributed by atoms with Crippen molar-refractivity contribution in [3.8, 4) is 22.8 Å². The number of fused-ring (bicyclic) bond motifs is 1. The Hall–Kier alpha value is -3.45. The summed E-state index contributed by atoms with van der Waals surface area (Å²) in [5.41, 5.74) is 5.62. The summed E-state index contributed by atoms with van der Waals surface area (Å²) in [4.78, 5) is 17.7. The minimum absolute atomic E-state index is 0.122. The number of aryl methyl sites for hydroxylation is 1. The molecule has 5 rings (SSSR count). The highest BCUT2D eigenvalue weighted by molar-refractivity contribution is 5.70. The van der Waals surface area contributed by atoms with Crippen LogP contribution in [0.1, 0.15) is 54.5 Å². The quantitative estimate of drug-likeness (QED) is 0.417. The number of likely N-dealkylation sites (tertiary alicyclic amines) is 1. The van der Waals surface area contributed by atoms with Gasteiger partial charge < -0.3 is 14.6 Å². The number of carboxylic acids is 1. The van der Waals surface area contributed by atoms with E-state index < -0.39 is 11.9 Å². The smallest absolute Gasteiger partial charge is 0.306 e. The van der Waals surface area contributed by atoms with Crippen LogP contribution in [0.2, 0.25) is 0 Å². The van der Waals surface area contributed by atoms with Crippen LogP contribution in [0.5, 0.6) is 11.6 Å². The highest BCUT2D eigenvalue weighted by atomic mass is 19.1. The van der Waals surface area contributed by atoms with Gasteiger partial charge in [-0.25, -0.2) is 9.37 Å². The molecule has 3 aromatic rings. The van der Waals surface area contributed by atoms with Crippen molar-refractivity contribution in [2.45, 2.75) is 51.7 Å². The van der Waals surface area contributed by atoms with Crippen molar-refractivity contribution in [1.29, 1.82) is 0 Å². The van der Waals surface area contributed by atoms with E-state index in [2.05, 4.69) is 28.1 Å². The van der Waals surface area contributed by atoms with Gasteiger partial charge in [0, 0.05) is 18.2 Å². The maximum Gasteiger partial charge on any atom is 0.306 e. The van der Waals surface area contributed by atoms with E-state index in [0.29, 0.717) is 17.9 Å². The Morgan fingerprint density at radius 3 is 2.78 bits per heavy atom. The molecule has 37 heavy (non-hydrogen) atoms. The van der Waals surface area contributed by atoms with Crippen molar-refractivity contribution >= 4 is 5.97 Å². The van der Waals surface area contributed by atoms with Gasteiger partial charge in [-0.3, -0.25) is 9.69 Å². The Balaban J connectivity index is 1.46. The van der Waals surface area contributed by atoms with Gasteiger partial charge in [-0.05, 0) is 85.1 Å². The fourth-order valence-electron chi connectivity index (χ4n) is 5.36. The third-order valence-corrected chi connectivity index (χ3v) is 7.47. The molecule has 2 unspecified atom stereocenters. The van der Waals surface area contributed by atoms with Crippen molar-refractivity contribution in [1.82, 2.24) is 9.88 Å². The summed E-state index contributed by atoms with van der Waals surface area (Å²) in [5.74, 6) is -0.434. The number of pyridine rings is 1. The molecule has 2 atom stereocenters. The van der Waals surface area contributed by atoms with Crippen LogP contribution in [0.3, 0.4) is 0 Å². The van der Waals surface area contributed by atoms with Crippen LogP contribution in [0.25, 0.3) is 11.1 Å². The monoisotopic (exact) mass is 504 g/mol. The zero-order chi connectivity index (χ0) is 25.9. The van der Waals surface area contributed by atoms with Gasteiger partial charge in [-0.2, -0.15) is 0 Å². The number of aliphatic carboxylic acids is 1. The predicted molar refractivity (Wildman–Crippen MR) is 139 cm³/mol. The summed E-state index contributed by atoms with van der Waals surface area (Å²) in [6, 6.07) is 13.8. The highest BCUT2D eigenvalue weighted by Crippen LogP contribution is 2.39. The van der Waals surface area contributed by atoms with Crippen molar-refractivity contribution in [3.05, 3.63) is 76.7 Å². The summed E-state index contributed by atoms with van der Waals surface area (Å²) < 4.78 is 26.5. The second kappa shape index (κ2) is 10.9. The first-order chi connectivity index (χ1) is 17.9. The third-order valence-electron chi connectivity index (χ3n) is 7.47. The van der Waals surface area contributed by atoms with Crippen LogP contribution in [0, 0.1) is 11.7 Å². The molecule has 1 N–H and O–H groups in total. The molecule has 0 saturated carbocycles. The molecule has 3 heterocycles.